The molecule has 3 rings (SSSR count). The van der Waals surface area contributed by atoms with Gasteiger partial charge in [0.1, 0.15) is 5.82 Å². The monoisotopic (exact) mass is 310 g/mol. The van der Waals surface area contributed by atoms with Crippen LogP contribution in [0, 0.1) is 5.82 Å². The highest BCUT2D eigenvalue weighted by atomic mass is 19.1. The van der Waals surface area contributed by atoms with Crippen LogP contribution in [0.2, 0.25) is 0 Å². The van der Waals surface area contributed by atoms with E-state index in [-0.39, 0.29) is 11.5 Å². The zero-order valence-electron chi connectivity index (χ0n) is 11.8. The Labute approximate surface area is 130 Å². The van der Waals surface area contributed by atoms with E-state index >= 15 is 0 Å². The average molecular weight is 310 g/mol. The fourth-order valence-electron chi connectivity index (χ4n) is 2.02. The van der Waals surface area contributed by atoms with Gasteiger partial charge in [0.15, 0.2) is 5.95 Å². The summed E-state index contributed by atoms with van der Waals surface area (Å²) in [5.74, 6) is -1.73. The summed E-state index contributed by atoms with van der Waals surface area (Å²) in [6, 6.07) is 14.3. The van der Waals surface area contributed by atoms with Crippen molar-refractivity contribution in [3.63, 3.8) is 0 Å². The van der Waals surface area contributed by atoms with Crippen LogP contribution in [-0.2, 0) is 0 Å². The number of aromatic nitrogens is 2. The first-order valence-electron chi connectivity index (χ1n) is 6.77. The first-order valence-corrected chi connectivity index (χ1v) is 6.77. The van der Waals surface area contributed by atoms with Crippen molar-refractivity contribution in [3.05, 3.63) is 77.7 Å². The minimum atomic E-state index is -0.817. The second-order valence-electron chi connectivity index (χ2n) is 4.71. The van der Waals surface area contributed by atoms with Gasteiger partial charge in [-0.2, -0.15) is 0 Å². The lowest BCUT2D eigenvalue weighted by molar-refractivity contribution is -0.672. The molecule has 0 fully saturated rings. The zero-order valence-corrected chi connectivity index (χ0v) is 11.8. The number of carbonyl (C=O) groups is 1. The van der Waals surface area contributed by atoms with E-state index in [0.29, 0.717) is 11.3 Å². The van der Waals surface area contributed by atoms with Crippen LogP contribution in [0.4, 0.5) is 4.39 Å². The Hall–Kier alpha value is -3.28. The fraction of sp³-hybridized carbons (Fsp3) is 0. The molecule has 0 unspecified atom stereocenters. The SMILES string of the molecule is O=C(/C=C/c1ccc(F)cc1)c1c([O-])on[n+]1-c1ccccc1. The number of benzene rings is 2. The van der Waals surface area contributed by atoms with Crippen LogP contribution in [0.3, 0.4) is 0 Å². The minimum Gasteiger partial charge on any atom is -0.539 e. The number of para-hydroxylation sites is 1. The van der Waals surface area contributed by atoms with E-state index in [4.69, 9.17) is 0 Å². The summed E-state index contributed by atoms with van der Waals surface area (Å²) in [4.78, 5) is 12.3. The standard InChI is InChI=1S/C17H11FN2O3/c18-13-9-6-12(7-10-13)8-11-15(21)16-17(22)23-19-20(16)14-4-2-1-3-5-14/h1-11H/b11-8+. The predicted octanol–water partition coefficient (Wildman–Crippen LogP) is 2.06. The lowest BCUT2D eigenvalue weighted by atomic mass is 10.1. The maximum atomic E-state index is 12.8. The number of allylic oxidation sites excluding steroid dienone is 1. The molecule has 0 saturated heterocycles. The van der Waals surface area contributed by atoms with Crippen molar-refractivity contribution in [2.24, 2.45) is 0 Å². The molecule has 2 aromatic carbocycles. The molecule has 114 valence electrons. The summed E-state index contributed by atoms with van der Waals surface area (Å²) in [5.41, 5.74) is 0.973. The van der Waals surface area contributed by atoms with Gasteiger partial charge in [0.2, 0.25) is 5.69 Å². The van der Waals surface area contributed by atoms with Crippen molar-refractivity contribution in [3.8, 4) is 11.6 Å². The molecule has 3 aromatic rings. The normalized spacial score (nSPS) is 11.0. The highest BCUT2D eigenvalue weighted by Crippen LogP contribution is 2.13. The predicted molar refractivity (Wildman–Crippen MR) is 77.2 cm³/mol. The van der Waals surface area contributed by atoms with Crippen LogP contribution in [0.15, 0.2) is 65.2 Å². The molecule has 0 aliphatic heterocycles. The number of carbonyl (C=O) groups excluding carboxylic acids is 1. The van der Waals surface area contributed by atoms with Gasteiger partial charge in [0.25, 0.3) is 5.78 Å². The van der Waals surface area contributed by atoms with Crippen LogP contribution in [-0.4, -0.2) is 11.1 Å². The first-order chi connectivity index (χ1) is 11.1. The summed E-state index contributed by atoms with van der Waals surface area (Å²) >= 11 is 0. The second kappa shape index (κ2) is 6.23. The van der Waals surface area contributed by atoms with Crippen LogP contribution in [0.25, 0.3) is 11.8 Å². The highest BCUT2D eigenvalue weighted by molar-refractivity contribution is 6.05. The van der Waals surface area contributed by atoms with Crippen LogP contribution < -0.4 is 9.79 Å². The molecule has 0 saturated carbocycles. The molecular weight excluding hydrogens is 299 g/mol. The minimum absolute atomic E-state index is 0.199. The third-order valence-electron chi connectivity index (χ3n) is 3.14. The van der Waals surface area contributed by atoms with E-state index in [2.05, 4.69) is 9.79 Å². The van der Waals surface area contributed by atoms with Gasteiger partial charge in [-0.25, -0.2) is 4.39 Å². The van der Waals surface area contributed by atoms with Crippen molar-refractivity contribution in [1.29, 1.82) is 0 Å². The molecule has 0 amide bonds. The molecule has 1 heterocycles. The van der Waals surface area contributed by atoms with Gasteiger partial charge in [-0.05, 0) is 28.5 Å². The summed E-state index contributed by atoms with van der Waals surface area (Å²) in [6.07, 6.45) is 2.71. The molecule has 0 N–H and O–H groups in total. The number of hydrogen-bond donors (Lipinski definition) is 0. The van der Waals surface area contributed by atoms with Gasteiger partial charge in [-0.1, -0.05) is 36.4 Å². The molecule has 0 aliphatic carbocycles. The molecule has 5 nitrogen and oxygen atoms in total. The summed E-state index contributed by atoms with van der Waals surface area (Å²) < 4.78 is 18.6. The quantitative estimate of drug-likeness (QED) is 0.420. The van der Waals surface area contributed by atoms with Gasteiger partial charge >= 0.3 is 5.69 Å². The first kappa shape index (κ1) is 14.6. The van der Waals surface area contributed by atoms with Gasteiger partial charge < -0.3 is 9.63 Å². The zero-order chi connectivity index (χ0) is 16.2. The van der Waals surface area contributed by atoms with Crippen LogP contribution in [0.5, 0.6) is 5.95 Å². The van der Waals surface area contributed by atoms with Gasteiger partial charge in [-0.15, -0.1) is 0 Å². The Morgan fingerprint density at radius 1 is 1.13 bits per heavy atom. The van der Waals surface area contributed by atoms with E-state index in [1.807, 2.05) is 0 Å². The van der Waals surface area contributed by atoms with Crippen molar-refractivity contribution in [2.75, 3.05) is 0 Å². The van der Waals surface area contributed by atoms with Crippen molar-refractivity contribution in [1.82, 2.24) is 5.27 Å². The van der Waals surface area contributed by atoms with E-state index in [1.165, 1.54) is 36.4 Å². The molecule has 1 aromatic heterocycles. The maximum absolute atomic E-state index is 12.8. The summed E-state index contributed by atoms with van der Waals surface area (Å²) in [5, 5.41) is 15.4. The Morgan fingerprint density at radius 2 is 1.83 bits per heavy atom. The van der Waals surface area contributed by atoms with Crippen molar-refractivity contribution in [2.45, 2.75) is 0 Å². The molecule has 0 bridgehead atoms. The number of halogens is 1. The topological polar surface area (TPSA) is 70.0 Å². The summed E-state index contributed by atoms with van der Waals surface area (Å²) in [7, 11) is 0. The second-order valence-corrected chi connectivity index (χ2v) is 4.71. The number of ketones is 1. The molecule has 0 aliphatic rings. The molecule has 0 spiro atoms. The van der Waals surface area contributed by atoms with Crippen LogP contribution >= 0.6 is 0 Å². The van der Waals surface area contributed by atoms with Gasteiger partial charge in [0.05, 0.1) is 5.27 Å². The third-order valence-corrected chi connectivity index (χ3v) is 3.14. The number of rotatable bonds is 4. The molecule has 0 atom stereocenters. The fourth-order valence-corrected chi connectivity index (χ4v) is 2.02. The third kappa shape index (κ3) is 3.16. The van der Waals surface area contributed by atoms with Crippen molar-refractivity contribution >= 4 is 11.9 Å². The Morgan fingerprint density at radius 3 is 2.52 bits per heavy atom. The van der Waals surface area contributed by atoms with Crippen molar-refractivity contribution < 1.29 is 23.5 Å². The highest BCUT2D eigenvalue weighted by Gasteiger charge is 2.25. The Kier molecular flexibility index (Phi) is 3.97. The summed E-state index contributed by atoms with van der Waals surface area (Å²) in [6.45, 7) is 0. The van der Waals surface area contributed by atoms with E-state index in [1.54, 1.807) is 30.3 Å². The van der Waals surface area contributed by atoms with Gasteiger partial charge in [-0.3, -0.25) is 4.79 Å². The van der Waals surface area contributed by atoms with Gasteiger partial charge in [0, 0.05) is 12.1 Å². The Bertz CT molecular complexity index is 855. The smallest absolute Gasteiger partial charge is 0.310 e. The number of hydrogen-bond acceptors (Lipinski definition) is 4. The maximum Gasteiger partial charge on any atom is 0.310 e. The average Bonchev–Trinajstić information content (AvgIpc) is 2.96. The Balaban J connectivity index is 1.91. The molecule has 0 radical (unpaired) electrons. The molecule has 6 heteroatoms. The lowest BCUT2D eigenvalue weighted by Gasteiger charge is -1.95. The number of nitrogens with zero attached hydrogens (tertiary/aromatic N) is 2. The van der Waals surface area contributed by atoms with Crippen LogP contribution in [0.1, 0.15) is 16.1 Å². The molecular formula is C17H11FN2O3. The van der Waals surface area contributed by atoms with E-state index in [9.17, 15) is 14.3 Å². The molecule has 23 heavy (non-hydrogen) atoms. The largest absolute Gasteiger partial charge is 0.539 e. The van der Waals surface area contributed by atoms with E-state index in [0.717, 1.165) is 4.68 Å². The lowest BCUT2D eigenvalue weighted by Crippen LogP contribution is -2.38. The van der Waals surface area contributed by atoms with E-state index < -0.39 is 11.7 Å².